The minimum Gasteiger partial charge on any atom is -0.383 e. The molecule has 0 aromatic carbocycles. The molecule has 1 N–H and O–H groups in total. The van der Waals surface area contributed by atoms with Crippen LogP contribution in [0.3, 0.4) is 0 Å². The molecule has 0 saturated carbocycles. The number of aliphatic hydroxyl groups is 1. The maximum atomic E-state index is 10.7. The minimum atomic E-state index is -0.748. The number of aryl methyl sites for hydroxylation is 1. The molecule has 0 radical (unpaired) electrons. The van der Waals surface area contributed by atoms with Gasteiger partial charge in [-0.2, -0.15) is 0 Å². The lowest BCUT2D eigenvalue weighted by Gasteiger charge is -2.26. The molecule has 0 bridgehead atoms. The van der Waals surface area contributed by atoms with Crippen LogP contribution in [0.15, 0.2) is 6.20 Å². The monoisotopic (exact) mass is 224 g/mol. The molecule has 0 spiro atoms. The van der Waals surface area contributed by atoms with E-state index in [1.54, 1.807) is 10.9 Å². The number of rotatable bonds is 2. The van der Waals surface area contributed by atoms with Gasteiger partial charge < -0.3 is 10.0 Å². The van der Waals surface area contributed by atoms with E-state index in [0.717, 1.165) is 44.6 Å². The van der Waals surface area contributed by atoms with Crippen LogP contribution < -0.4 is 0 Å². The van der Waals surface area contributed by atoms with Gasteiger partial charge in [-0.1, -0.05) is 12.1 Å². The Morgan fingerprint density at radius 1 is 1.44 bits per heavy atom. The molecule has 1 aliphatic rings. The molecule has 0 amide bonds. The van der Waals surface area contributed by atoms with Gasteiger partial charge in [0.15, 0.2) is 0 Å². The summed E-state index contributed by atoms with van der Waals surface area (Å²) in [6.07, 6.45) is 4.27. The lowest BCUT2D eigenvalue weighted by atomic mass is 9.91. The molecule has 1 aromatic rings. The highest BCUT2D eigenvalue weighted by Gasteiger charge is 2.34. The molecule has 1 fully saturated rings. The number of nitrogens with zero attached hydrogens (tertiary/aromatic N) is 4. The molecule has 90 valence electrons. The van der Waals surface area contributed by atoms with Crippen molar-refractivity contribution in [1.29, 1.82) is 0 Å². The number of aromatic nitrogens is 3. The first-order valence-electron chi connectivity index (χ1n) is 5.95. The van der Waals surface area contributed by atoms with Crippen molar-refractivity contribution in [2.24, 2.45) is 7.05 Å². The van der Waals surface area contributed by atoms with Gasteiger partial charge in [0.2, 0.25) is 0 Å². The van der Waals surface area contributed by atoms with Gasteiger partial charge in [0, 0.05) is 13.6 Å². The Labute approximate surface area is 96.1 Å². The molecule has 1 atom stereocenters. The first kappa shape index (κ1) is 11.5. The van der Waals surface area contributed by atoms with Gasteiger partial charge >= 0.3 is 0 Å². The Hall–Kier alpha value is -0.940. The molecule has 2 rings (SSSR count). The number of hydrogen-bond acceptors (Lipinski definition) is 4. The van der Waals surface area contributed by atoms with Crippen LogP contribution in [0.2, 0.25) is 0 Å². The van der Waals surface area contributed by atoms with E-state index < -0.39 is 5.60 Å². The quantitative estimate of drug-likeness (QED) is 0.795. The third kappa shape index (κ3) is 2.10. The molecule has 5 heteroatoms. The smallest absolute Gasteiger partial charge is 0.109 e. The van der Waals surface area contributed by atoms with E-state index in [0.29, 0.717) is 0 Å². The van der Waals surface area contributed by atoms with Gasteiger partial charge in [-0.3, -0.25) is 0 Å². The van der Waals surface area contributed by atoms with E-state index in [-0.39, 0.29) is 0 Å². The summed E-state index contributed by atoms with van der Waals surface area (Å²) in [5, 5.41) is 18.4. The van der Waals surface area contributed by atoms with Crippen molar-refractivity contribution in [3.63, 3.8) is 0 Å². The summed E-state index contributed by atoms with van der Waals surface area (Å²) in [7, 11) is 1.84. The van der Waals surface area contributed by atoms with Gasteiger partial charge in [0.05, 0.1) is 11.9 Å². The predicted molar refractivity (Wildman–Crippen MR) is 60.9 cm³/mol. The van der Waals surface area contributed by atoms with Crippen LogP contribution in [0.1, 0.15) is 31.9 Å². The number of hydrogen-bond donors (Lipinski definition) is 1. The van der Waals surface area contributed by atoms with Crippen molar-refractivity contribution in [3.05, 3.63) is 11.9 Å². The largest absolute Gasteiger partial charge is 0.383 e. The highest BCUT2D eigenvalue weighted by atomic mass is 16.3. The maximum Gasteiger partial charge on any atom is 0.109 e. The lowest BCUT2D eigenvalue weighted by Crippen LogP contribution is -2.31. The maximum absolute atomic E-state index is 10.7. The van der Waals surface area contributed by atoms with Crippen LogP contribution in [-0.2, 0) is 12.6 Å². The van der Waals surface area contributed by atoms with Gasteiger partial charge in [0.1, 0.15) is 5.60 Å². The van der Waals surface area contributed by atoms with Crippen molar-refractivity contribution in [3.8, 4) is 0 Å². The summed E-state index contributed by atoms with van der Waals surface area (Å²) in [6.45, 7) is 5.23. The summed E-state index contributed by atoms with van der Waals surface area (Å²) in [6, 6.07) is 0. The van der Waals surface area contributed by atoms with Crippen LogP contribution in [-0.4, -0.2) is 44.6 Å². The molecule has 1 unspecified atom stereocenters. The minimum absolute atomic E-state index is 0.748. The molecule has 1 saturated heterocycles. The summed E-state index contributed by atoms with van der Waals surface area (Å²) in [5.74, 6) is 0. The zero-order chi connectivity index (χ0) is 11.6. The van der Waals surface area contributed by atoms with E-state index in [4.69, 9.17) is 0 Å². The number of likely N-dealkylation sites (tertiary alicyclic amines) is 1. The van der Waals surface area contributed by atoms with E-state index in [9.17, 15) is 5.11 Å². The van der Waals surface area contributed by atoms with Crippen molar-refractivity contribution in [1.82, 2.24) is 19.9 Å². The van der Waals surface area contributed by atoms with Crippen molar-refractivity contribution in [2.45, 2.75) is 31.8 Å². The summed E-state index contributed by atoms with van der Waals surface area (Å²) in [4.78, 5) is 2.38. The molecule has 16 heavy (non-hydrogen) atoms. The fourth-order valence-corrected chi connectivity index (χ4v) is 2.46. The topological polar surface area (TPSA) is 54.2 Å². The highest BCUT2D eigenvalue weighted by molar-refractivity contribution is 5.08. The molecule has 5 nitrogen and oxygen atoms in total. The van der Waals surface area contributed by atoms with Crippen molar-refractivity contribution in [2.75, 3.05) is 19.6 Å². The van der Waals surface area contributed by atoms with Crippen LogP contribution in [0.4, 0.5) is 0 Å². The molecule has 0 aliphatic carbocycles. The fraction of sp³-hybridized carbons (Fsp3) is 0.818. The molecule has 2 heterocycles. The van der Waals surface area contributed by atoms with Crippen molar-refractivity contribution < 1.29 is 5.11 Å². The molecular formula is C11H20N4O. The van der Waals surface area contributed by atoms with Gasteiger partial charge in [-0.25, -0.2) is 4.68 Å². The van der Waals surface area contributed by atoms with E-state index in [1.165, 1.54) is 0 Å². The zero-order valence-corrected chi connectivity index (χ0v) is 10.1. The SMILES string of the molecule is CCN1CCCC(O)(c2cnnn2C)CC1. The third-order valence-corrected chi connectivity index (χ3v) is 3.54. The van der Waals surface area contributed by atoms with Crippen molar-refractivity contribution >= 4 is 0 Å². The van der Waals surface area contributed by atoms with Gasteiger partial charge in [0.25, 0.3) is 0 Å². The van der Waals surface area contributed by atoms with Gasteiger partial charge in [-0.05, 0) is 32.4 Å². The normalized spacial score (nSPS) is 27.9. The fourth-order valence-electron chi connectivity index (χ4n) is 2.46. The van der Waals surface area contributed by atoms with E-state index in [2.05, 4.69) is 22.1 Å². The van der Waals surface area contributed by atoms with Crippen LogP contribution in [0, 0.1) is 0 Å². The zero-order valence-electron chi connectivity index (χ0n) is 10.1. The Kier molecular flexibility index (Phi) is 3.25. The Balaban J connectivity index is 2.16. The highest BCUT2D eigenvalue weighted by Crippen LogP contribution is 2.31. The average Bonchev–Trinajstić information content (AvgIpc) is 2.60. The van der Waals surface area contributed by atoms with Gasteiger partial charge in [-0.15, -0.1) is 5.10 Å². The lowest BCUT2D eigenvalue weighted by molar-refractivity contribution is 0.0135. The van der Waals surface area contributed by atoms with Crippen LogP contribution in [0.25, 0.3) is 0 Å². The second kappa shape index (κ2) is 4.51. The van der Waals surface area contributed by atoms with E-state index >= 15 is 0 Å². The Bertz CT molecular complexity index is 352. The van der Waals surface area contributed by atoms with E-state index in [1.807, 2.05) is 7.05 Å². The second-order valence-corrected chi connectivity index (χ2v) is 4.56. The molecule has 1 aromatic heterocycles. The Morgan fingerprint density at radius 3 is 2.88 bits per heavy atom. The van der Waals surface area contributed by atoms with Crippen LogP contribution >= 0.6 is 0 Å². The summed E-state index contributed by atoms with van der Waals surface area (Å²) < 4.78 is 1.68. The first-order chi connectivity index (χ1) is 7.65. The molecular weight excluding hydrogens is 204 g/mol. The summed E-state index contributed by atoms with van der Waals surface area (Å²) >= 11 is 0. The molecule has 1 aliphatic heterocycles. The second-order valence-electron chi connectivity index (χ2n) is 4.56. The van der Waals surface area contributed by atoms with Crippen LogP contribution in [0.5, 0.6) is 0 Å². The third-order valence-electron chi connectivity index (χ3n) is 3.54. The first-order valence-corrected chi connectivity index (χ1v) is 5.95. The average molecular weight is 224 g/mol. The Morgan fingerprint density at radius 2 is 2.25 bits per heavy atom. The summed E-state index contributed by atoms with van der Waals surface area (Å²) in [5.41, 5.74) is 0.0905. The standard InChI is InChI=1S/C11H20N4O/c1-3-15-7-4-5-11(16,6-8-15)10-9-12-13-14(10)2/h9,16H,3-8H2,1-2H3. The predicted octanol–water partition coefficient (Wildman–Crippen LogP) is 0.508.